The summed E-state index contributed by atoms with van der Waals surface area (Å²) < 4.78 is 4.97. The maximum atomic E-state index is 12.9. The van der Waals surface area contributed by atoms with E-state index in [0.717, 1.165) is 31.2 Å². The van der Waals surface area contributed by atoms with Crippen molar-refractivity contribution in [3.05, 3.63) is 59.2 Å². The van der Waals surface area contributed by atoms with Gasteiger partial charge in [-0.15, -0.1) is 0 Å². The van der Waals surface area contributed by atoms with Crippen molar-refractivity contribution < 1.29 is 19.1 Å². The van der Waals surface area contributed by atoms with Crippen molar-refractivity contribution >= 4 is 29.3 Å². The van der Waals surface area contributed by atoms with Crippen LogP contribution in [0.4, 0.5) is 16.2 Å². The van der Waals surface area contributed by atoms with Gasteiger partial charge in [-0.1, -0.05) is 46.2 Å². The van der Waals surface area contributed by atoms with E-state index in [2.05, 4.69) is 43.6 Å². The van der Waals surface area contributed by atoms with Gasteiger partial charge in [-0.2, -0.15) is 0 Å². The summed E-state index contributed by atoms with van der Waals surface area (Å²) in [7, 11) is 1.34. The van der Waals surface area contributed by atoms with Crippen LogP contribution in [0.5, 0.6) is 0 Å². The summed E-state index contributed by atoms with van der Waals surface area (Å²) in [5.74, 6) is -0.701. The number of anilines is 2. The molecular weight excluding hydrogens is 468 g/mol. The molecule has 1 atom stereocenters. The molecule has 200 valence electrons. The number of benzene rings is 2. The lowest BCUT2D eigenvalue weighted by atomic mass is 9.87. The Kier molecular flexibility index (Phi) is 9.55. The van der Waals surface area contributed by atoms with Gasteiger partial charge in [0, 0.05) is 36.9 Å². The number of nitrogens with one attached hydrogen (secondary N) is 3. The standard InChI is InChI=1S/C29H40N4O4/c1-6-7-16-30-28(36)33-17-8-9-23(19-33)31-25-18-22(14-15-24(25)27(35)37-5)32-26(34)20-10-12-21(13-11-20)29(2,3)4/h10-15,18,23,31H,6-9,16-17,19H2,1-5H3,(H,30,36)(H,32,34). The minimum atomic E-state index is -0.469. The molecule has 0 aromatic heterocycles. The van der Waals surface area contributed by atoms with Gasteiger partial charge in [0.05, 0.1) is 18.4 Å². The van der Waals surface area contributed by atoms with E-state index in [9.17, 15) is 14.4 Å². The molecule has 0 saturated carbocycles. The molecule has 37 heavy (non-hydrogen) atoms. The molecule has 2 aromatic rings. The monoisotopic (exact) mass is 508 g/mol. The molecule has 8 heteroatoms. The Hall–Kier alpha value is -3.55. The Morgan fingerprint density at radius 2 is 1.81 bits per heavy atom. The van der Waals surface area contributed by atoms with E-state index in [1.54, 1.807) is 18.2 Å². The average molecular weight is 509 g/mol. The lowest BCUT2D eigenvalue weighted by Gasteiger charge is -2.34. The third kappa shape index (κ3) is 7.71. The first-order valence-corrected chi connectivity index (χ1v) is 13.1. The number of likely N-dealkylation sites (tertiary alicyclic amines) is 1. The highest BCUT2D eigenvalue weighted by Gasteiger charge is 2.25. The van der Waals surface area contributed by atoms with Gasteiger partial charge in [0.25, 0.3) is 5.91 Å². The summed E-state index contributed by atoms with van der Waals surface area (Å²) in [5.41, 5.74) is 3.20. The van der Waals surface area contributed by atoms with Crippen LogP contribution in [0.1, 0.15) is 79.7 Å². The molecule has 3 N–H and O–H groups in total. The number of methoxy groups -OCH3 is 1. The zero-order chi connectivity index (χ0) is 27.0. The van der Waals surface area contributed by atoms with Gasteiger partial charge < -0.3 is 25.6 Å². The number of piperidine rings is 1. The minimum absolute atomic E-state index is 0.00414. The van der Waals surface area contributed by atoms with Crippen molar-refractivity contribution in [1.29, 1.82) is 0 Å². The minimum Gasteiger partial charge on any atom is -0.465 e. The number of amides is 3. The number of hydrogen-bond donors (Lipinski definition) is 3. The van der Waals surface area contributed by atoms with Crippen molar-refractivity contribution in [2.24, 2.45) is 0 Å². The summed E-state index contributed by atoms with van der Waals surface area (Å²) in [4.78, 5) is 39.7. The highest BCUT2D eigenvalue weighted by Crippen LogP contribution is 2.26. The number of carbonyl (C=O) groups excluding carboxylic acids is 3. The molecular formula is C29H40N4O4. The molecule has 3 rings (SSSR count). The second-order valence-corrected chi connectivity index (χ2v) is 10.5. The molecule has 1 aliphatic rings. The zero-order valence-electron chi connectivity index (χ0n) is 22.6. The average Bonchev–Trinajstić information content (AvgIpc) is 2.88. The summed E-state index contributed by atoms with van der Waals surface area (Å²) in [6, 6.07) is 12.5. The van der Waals surface area contributed by atoms with Crippen LogP contribution in [-0.2, 0) is 10.2 Å². The number of urea groups is 1. The summed E-state index contributed by atoms with van der Waals surface area (Å²) in [6.45, 7) is 10.4. The third-order valence-corrected chi connectivity index (χ3v) is 6.57. The van der Waals surface area contributed by atoms with E-state index in [1.807, 2.05) is 29.2 Å². The van der Waals surface area contributed by atoms with Crippen molar-refractivity contribution in [2.75, 3.05) is 37.4 Å². The molecule has 0 bridgehead atoms. The number of hydrogen-bond acceptors (Lipinski definition) is 5. The molecule has 2 aromatic carbocycles. The predicted octanol–water partition coefficient (Wildman–Crippen LogP) is 5.41. The lowest BCUT2D eigenvalue weighted by molar-refractivity contribution is 0.0601. The Morgan fingerprint density at radius 3 is 2.46 bits per heavy atom. The van der Waals surface area contributed by atoms with Gasteiger partial charge in [-0.25, -0.2) is 9.59 Å². The smallest absolute Gasteiger partial charge is 0.339 e. The number of ether oxygens (including phenoxy) is 1. The van der Waals surface area contributed by atoms with E-state index < -0.39 is 5.97 Å². The topological polar surface area (TPSA) is 99.8 Å². The van der Waals surface area contributed by atoms with Crippen LogP contribution in [0.25, 0.3) is 0 Å². The van der Waals surface area contributed by atoms with Crippen molar-refractivity contribution in [1.82, 2.24) is 10.2 Å². The number of nitrogens with zero attached hydrogens (tertiary/aromatic N) is 1. The fraction of sp³-hybridized carbons (Fsp3) is 0.483. The molecule has 8 nitrogen and oxygen atoms in total. The van der Waals surface area contributed by atoms with E-state index in [-0.39, 0.29) is 23.4 Å². The molecule has 1 unspecified atom stereocenters. The normalized spacial score (nSPS) is 15.6. The lowest BCUT2D eigenvalue weighted by Crippen LogP contribution is -2.49. The summed E-state index contributed by atoms with van der Waals surface area (Å²) in [5, 5.41) is 9.32. The van der Waals surface area contributed by atoms with E-state index in [1.165, 1.54) is 7.11 Å². The number of unbranched alkanes of at least 4 members (excludes halogenated alkanes) is 1. The maximum absolute atomic E-state index is 12.9. The number of carbonyl (C=O) groups is 3. The highest BCUT2D eigenvalue weighted by atomic mass is 16.5. The first-order chi connectivity index (χ1) is 17.6. The number of esters is 1. The molecule has 0 spiro atoms. The second-order valence-electron chi connectivity index (χ2n) is 10.5. The van der Waals surface area contributed by atoms with Gasteiger partial charge >= 0.3 is 12.0 Å². The largest absolute Gasteiger partial charge is 0.465 e. The van der Waals surface area contributed by atoms with E-state index in [4.69, 9.17) is 4.74 Å². The van der Waals surface area contributed by atoms with Crippen molar-refractivity contribution in [3.63, 3.8) is 0 Å². The van der Waals surface area contributed by atoms with Crippen LogP contribution >= 0.6 is 0 Å². The predicted molar refractivity (Wildman–Crippen MR) is 147 cm³/mol. The first-order valence-electron chi connectivity index (χ1n) is 13.1. The Bertz CT molecular complexity index is 1090. The van der Waals surface area contributed by atoms with Crippen LogP contribution in [0.15, 0.2) is 42.5 Å². The van der Waals surface area contributed by atoms with Crippen LogP contribution in [-0.4, -0.2) is 55.6 Å². The Balaban J connectivity index is 1.73. The fourth-order valence-electron chi connectivity index (χ4n) is 4.34. The quantitative estimate of drug-likeness (QED) is 0.327. The van der Waals surface area contributed by atoms with Gasteiger partial charge in [-0.05, 0) is 60.6 Å². The molecule has 1 fully saturated rings. The van der Waals surface area contributed by atoms with Crippen LogP contribution in [0, 0.1) is 0 Å². The van der Waals surface area contributed by atoms with Crippen LogP contribution < -0.4 is 16.0 Å². The summed E-state index contributed by atoms with van der Waals surface area (Å²) >= 11 is 0. The van der Waals surface area contributed by atoms with E-state index in [0.29, 0.717) is 42.1 Å². The maximum Gasteiger partial charge on any atom is 0.339 e. The van der Waals surface area contributed by atoms with Crippen molar-refractivity contribution in [2.45, 2.75) is 64.8 Å². The Labute approximate surface area is 220 Å². The third-order valence-electron chi connectivity index (χ3n) is 6.57. The molecule has 1 aliphatic heterocycles. The van der Waals surface area contributed by atoms with Crippen LogP contribution in [0.3, 0.4) is 0 Å². The summed E-state index contributed by atoms with van der Waals surface area (Å²) in [6.07, 6.45) is 3.68. The van der Waals surface area contributed by atoms with Gasteiger partial charge in [0.15, 0.2) is 0 Å². The van der Waals surface area contributed by atoms with Gasteiger partial charge in [0.2, 0.25) is 0 Å². The van der Waals surface area contributed by atoms with Crippen molar-refractivity contribution in [3.8, 4) is 0 Å². The SMILES string of the molecule is CCCCNC(=O)N1CCCC(Nc2cc(NC(=O)c3ccc(C(C)(C)C)cc3)ccc2C(=O)OC)C1. The molecule has 0 radical (unpaired) electrons. The molecule has 0 aliphatic carbocycles. The van der Waals surface area contributed by atoms with E-state index >= 15 is 0 Å². The Morgan fingerprint density at radius 1 is 1.08 bits per heavy atom. The van der Waals surface area contributed by atoms with Crippen LogP contribution in [0.2, 0.25) is 0 Å². The first kappa shape index (κ1) is 28.0. The van der Waals surface area contributed by atoms with Gasteiger partial charge in [-0.3, -0.25) is 4.79 Å². The second kappa shape index (κ2) is 12.6. The number of rotatable bonds is 8. The molecule has 1 saturated heterocycles. The fourth-order valence-corrected chi connectivity index (χ4v) is 4.34. The molecule has 1 heterocycles. The van der Waals surface area contributed by atoms with Gasteiger partial charge in [0.1, 0.15) is 0 Å². The molecule has 3 amide bonds. The zero-order valence-corrected chi connectivity index (χ0v) is 22.6. The highest BCUT2D eigenvalue weighted by molar-refractivity contribution is 6.05.